The van der Waals surface area contributed by atoms with Gasteiger partial charge in [-0.2, -0.15) is 4.98 Å². The van der Waals surface area contributed by atoms with E-state index in [2.05, 4.69) is 15.0 Å². The summed E-state index contributed by atoms with van der Waals surface area (Å²) < 4.78 is 11.8. The first-order valence-corrected chi connectivity index (χ1v) is 6.77. The van der Waals surface area contributed by atoms with Gasteiger partial charge in [0.25, 0.3) is 5.56 Å². The molecule has 1 atom stereocenters. The third-order valence-electron chi connectivity index (χ3n) is 2.86. The molecule has 10 nitrogen and oxygen atoms in total. The van der Waals surface area contributed by atoms with Crippen molar-refractivity contribution in [2.75, 3.05) is 18.9 Å². The number of hydrogen-bond donors (Lipinski definition) is 3. The summed E-state index contributed by atoms with van der Waals surface area (Å²) >= 11 is 0. The zero-order valence-corrected chi connectivity index (χ0v) is 12.4. The van der Waals surface area contributed by atoms with Gasteiger partial charge in [0.05, 0.1) is 12.9 Å². The maximum atomic E-state index is 11.7. The number of ether oxygens (including phenoxy) is 2. The normalized spacial score (nSPS) is 12.8. The lowest BCUT2D eigenvalue weighted by Crippen LogP contribution is -2.26. The minimum atomic E-state index is -0.721. The molecule has 0 fully saturated rings. The third kappa shape index (κ3) is 4.14. The van der Waals surface area contributed by atoms with Crippen LogP contribution in [0, 0.1) is 0 Å². The summed E-state index contributed by atoms with van der Waals surface area (Å²) in [7, 11) is 0. The highest BCUT2D eigenvalue weighted by molar-refractivity contribution is 5.81. The van der Waals surface area contributed by atoms with Gasteiger partial charge in [-0.1, -0.05) is 6.08 Å². The number of imidazole rings is 1. The van der Waals surface area contributed by atoms with Crippen molar-refractivity contribution >= 4 is 23.1 Å². The van der Waals surface area contributed by atoms with Gasteiger partial charge < -0.3 is 20.3 Å². The van der Waals surface area contributed by atoms with Gasteiger partial charge in [-0.05, 0) is 6.92 Å². The van der Waals surface area contributed by atoms with Crippen LogP contribution in [0.5, 0.6) is 0 Å². The van der Waals surface area contributed by atoms with E-state index in [9.17, 15) is 14.7 Å². The number of nitrogens with one attached hydrogen (secondary N) is 1. The van der Waals surface area contributed by atoms with Gasteiger partial charge in [0.2, 0.25) is 5.95 Å². The molecular formula is C13H17N5O5. The molecule has 0 spiro atoms. The monoisotopic (exact) mass is 323 g/mol. The van der Waals surface area contributed by atoms with Crippen molar-refractivity contribution in [3.63, 3.8) is 0 Å². The number of aromatic amines is 1. The van der Waals surface area contributed by atoms with Crippen LogP contribution in [0.4, 0.5) is 5.95 Å². The van der Waals surface area contributed by atoms with E-state index in [1.807, 2.05) is 0 Å². The molecule has 124 valence electrons. The van der Waals surface area contributed by atoms with Crippen LogP contribution < -0.4 is 11.3 Å². The Hall–Kier alpha value is -2.72. The number of aliphatic hydroxyl groups is 1. The zero-order valence-electron chi connectivity index (χ0n) is 12.4. The maximum absolute atomic E-state index is 11.7. The molecular weight excluding hydrogens is 306 g/mol. The minimum absolute atomic E-state index is 0.0387. The molecule has 0 bridgehead atoms. The molecule has 0 aliphatic heterocycles. The van der Waals surface area contributed by atoms with Crippen molar-refractivity contribution in [2.24, 2.45) is 0 Å². The molecule has 2 aromatic heterocycles. The van der Waals surface area contributed by atoms with Crippen LogP contribution in [-0.4, -0.2) is 49.9 Å². The lowest BCUT2D eigenvalue weighted by molar-refractivity contribution is -0.144. The SMILES string of the molecule is CC=CC(=O)OCC(CO)OCn1cnc2c(=O)[nH]c(N)nc21. The molecule has 2 heterocycles. The predicted molar refractivity (Wildman–Crippen MR) is 80.3 cm³/mol. The van der Waals surface area contributed by atoms with E-state index >= 15 is 0 Å². The van der Waals surface area contributed by atoms with E-state index < -0.39 is 17.6 Å². The van der Waals surface area contributed by atoms with Crippen molar-refractivity contribution < 1.29 is 19.4 Å². The average molecular weight is 323 g/mol. The number of nitrogens with zero attached hydrogens (tertiary/aromatic N) is 3. The first kappa shape index (κ1) is 16.6. The molecule has 0 aliphatic rings. The van der Waals surface area contributed by atoms with Crippen molar-refractivity contribution in [1.82, 2.24) is 19.5 Å². The number of carbonyl (C=O) groups excluding carboxylic acids is 1. The second kappa shape index (κ2) is 7.51. The minimum Gasteiger partial charge on any atom is -0.460 e. The fraction of sp³-hybridized carbons (Fsp3) is 0.385. The first-order chi connectivity index (χ1) is 11.0. The van der Waals surface area contributed by atoms with Crippen LogP contribution in [0.15, 0.2) is 23.3 Å². The number of H-pyrrole nitrogens is 1. The van der Waals surface area contributed by atoms with Gasteiger partial charge in [0.15, 0.2) is 11.2 Å². The molecule has 0 saturated heterocycles. The largest absolute Gasteiger partial charge is 0.460 e. The highest BCUT2D eigenvalue weighted by Gasteiger charge is 2.13. The molecule has 1 unspecified atom stereocenters. The van der Waals surface area contributed by atoms with E-state index in [1.165, 1.54) is 17.0 Å². The predicted octanol–water partition coefficient (Wildman–Crippen LogP) is -0.844. The number of fused-ring (bicyclic) bond motifs is 1. The highest BCUT2D eigenvalue weighted by atomic mass is 16.6. The summed E-state index contributed by atoms with van der Waals surface area (Å²) in [5.41, 5.74) is 5.42. The van der Waals surface area contributed by atoms with Gasteiger partial charge in [-0.25, -0.2) is 9.78 Å². The number of carbonyl (C=O) groups is 1. The first-order valence-electron chi connectivity index (χ1n) is 6.77. The Labute approximate surface area is 130 Å². The van der Waals surface area contributed by atoms with E-state index in [1.54, 1.807) is 13.0 Å². The molecule has 0 aliphatic carbocycles. The number of anilines is 1. The molecule has 4 N–H and O–H groups in total. The van der Waals surface area contributed by atoms with Crippen LogP contribution in [0.2, 0.25) is 0 Å². The summed E-state index contributed by atoms with van der Waals surface area (Å²) in [5, 5.41) is 9.25. The van der Waals surface area contributed by atoms with Gasteiger partial charge in [-0.3, -0.25) is 14.3 Å². The number of allylic oxidation sites excluding steroid dienone is 1. The fourth-order valence-electron chi connectivity index (χ4n) is 1.76. The van der Waals surface area contributed by atoms with Crippen LogP contribution in [0.25, 0.3) is 11.2 Å². The fourth-order valence-corrected chi connectivity index (χ4v) is 1.76. The van der Waals surface area contributed by atoms with E-state index in [0.717, 1.165) is 0 Å². The number of nitrogens with two attached hydrogens (primary N) is 1. The lowest BCUT2D eigenvalue weighted by Gasteiger charge is -2.15. The standard InChI is InChI=1S/C13H17N5O5/c1-2-3-9(20)22-5-8(4-19)23-7-18-6-15-10-11(18)16-13(14)17-12(10)21/h2-3,6,8,19H,4-5,7H2,1H3,(H3,14,16,17,21). The number of nitrogen functional groups attached to an aromatic ring is 1. The second-order valence-corrected chi connectivity index (χ2v) is 4.57. The Morgan fingerprint density at radius 2 is 2.39 bits per heavy atom. The molecule has 0 aromatic carbocycles. The Morgan fingerprint density at radius 1 is 1.61 bits per heavy atom. The molecule has 0 amide bonds. The van der Waals surface area contributed by atoms with Gasteiger partial charge in [0, 0.05) is 6.08 Å². The Morgan fingerprint density at radius 3 is 3.09 bits per heavy atom. The number of aromatic nitrogens is 4. The van der Waals surface area contributed by atoms with E-state index in [4.69, 9.17) is 15.2 Å². The molecule has 0 radical (unpaired) electrons. The van der Waals surface area contributed by atoms with Gasteiger partial charge in [-0.15, -0.1) is 0 Å². The van der Waals surface area contributed by atoms with Crippen molar-refractivity contribution in [1.29, 1.82) is 0 Å². The van der Waals surface area contributed by atoms with E-state index in [-0.39, 0.29) is 37.1 Å². The summed E-state index contributed by atoms with van der Waals surface area (Å²) in [6.07, 6.45) is 3.45. The third-order valence-corrected chi connectivity index (χ3v) is 2.86. The molecule has 2 aromatic rings. The van der Waals surface area contributed by atoms with Crippen molar-refractivity contribution in [3.8, 4) is 0 Å². The zero-order chi connectivity index (χ0) is 16.8. The van der Waals surface area contributed by atoms with Crippen LogP contribution in [0.1, 0.15) is 6.92 Å². The summed E-state index contributed by atoms with van der Waals surface area (Å²) in [4.78, 5) is 33.1. The summed E-state index contributed by atoms with van der Waals surface area (Å²) in [6, 6.07) is 0. The van der Waals surface area contributed by atoms with Crippen molar-refractivity contribution in [2.45, 2.75) is 19.8 Å². The van der Waals surface area contributed by atoms with Gasteiger partial charge >= 0.3 is 5.97 Å². The highest BCUT2D eigenvalue weighted by Crippen LogP contribution is 2.07. The van der Waals surface area contributed by atoms with Crippen molar-refractivity contribution in [3.05, 3.63) is 28.8 Å². The number of esters is 1. The summed E-state index contributed by atoms with van der Waals surface area (Å²) in [5.74, 6) is -0.563. The quantitative estimate of drug-likeness (QED) is 0.441. The number of aliphatic hydroxyl groups excluding tert-OH is 1. The van der Waals surface area contributed by atoms with Crippen LogP contribution >= 0.6 is 0 Å². The molecule has 0 saturated carbocycles. The van der Waals surface area contributed by atoms with Crippen LogP contribution in [0.3, 0.4) is 0 Å². The molecule has 23 heavy (non-hydrogen) atoms. The molecule has 2 rings (SSSR count). The van der Waals surface area contributed by atoms with E-state index in [0.29, 0.717) is 0 Å². The Kier molecular flexibility index (Phi) is 5.44. The Bertz CT molecular complexity index is 766. The number of hydrogen-bond acceptors (Lipinski definition) is 8. The topological polar surface area (TPSA) is 145 Å². The average Bonchev–Trinajstić information content (AvgIpc) is 2.91. The summed E-state index contributed by atoms with van der Waals surface area (Å²) in [6.45, 7) is 1.19. The maximum Gasteiger partial charge on any atom is 0.330 e. The van der Waals surface area contributed by atoms with Gasteiger partial charge in [0.1, 0.15) is 19.4 Å². The second-order valence-electron chi connectivity index (χ2n) is 4.57. The Balaban J connectivity index is 2.01. The van der Waals surface area contributed by atoms with Crippen LogP contribution in [-0.2, 0) is 21.0 Å². The molecule has 10 heteroatoms. The smallest absolute Gasteiger partial charge is 0.330 e. The lowest BCUT2D eigenvalue weighted by atomic mass is 10.4. The number of rotatable bonds is 7.